The van der Waals surface area contributed by atoms with Crippen LogP contribution in [-0.2, 0) is 12.0 Å². The molecule has 0 spiro atoms. The van der Waals surface area contributed by atoms with E-state index < -0.39 is 0 Å². The maximum absolute atomic E-state index is 4.70. The van der Waals surface area contributed by atoms with Crippen LogP contribution in [0.1, 0.15) is 66.1 Å². The van der Waals surface area contributed by atoms with Crippen molar-refractivity contribution in [2.24, 2.45) is 11.8 Å². The molecule has 3 atom stereocenters. The Hall–Kier alpha value is -0.830. The quantitative estimate of drug-likeness (QED) is 0.859. The van der Waals surface area contributed by atoms with Crippen LogP contribution in [0.4, 0.5) is 0 Å². The Bertz CT molecular complexity index is 435. The van der Waals surface area contributed by atoms with Crippen LogP contribution in [0.25, 0.3) is 0 Å². The van der Waals surface area contributed by atoms with Gasteiger partial charge in [-0.3, -0.25) is 0 Å². The summed E-state index contributed by atoms with van der Waals surface area (Å²) in [5.74, 6) is 2.78. The zero-order valence-electron chi connectivity index (χ0n) is 14.5. The molecule has 1 aliphatic carbocycles. The molecule has 0 aromatic carbocycles. The molecule has 0 aliphatic heterocycles. The summed E-state index contributed by atoms with van der Waals surface area (Å²) in [6.45, 7) is 13.8. The molecule has 1 aliphatic rings. The average molecular weight is 291 g/mol. The Kier molecular flexibility index (Phi) is 5.48. The summed E-state index contributed by atoms with van der Waals surface area (Å²) < 4.78 is 2.31. The highest BCUT2D eigenvalue weighted by Crippen LogP contribution is 2.41. The van der Waals surface area contributed by atoms with Gasteiger partial charge in [0.05, 0.1) is 0 Å². The lowest BCUT2D eigenvalue weighted by Crippen LogP contribution is -2.49. The molecule has 0 radical (unpaired) electrons. The van der Waals surface area contributed by atoms with Gasteiger partial charge >= 0.3 is 0 Å². The molecule has 3 heteroatoms. The van der Waals surface area contributed by atoms with E-state index in [4.69, 9.17) is 4.98 Å². The highest BCUT2D eigenvalue weighted by molar-refractivity contribution is 5.12. The summed E-state index contributed by atoms with van der Waals surface area (Å²) in [6.07, 6.45) is 9.26. The number of imidazole rings is 1. The summed E-state index contributed by atoms with van der Waals surface area (Å²) >= 11 is 0. The van der Waals surface area contributed by atoms with Crippen LogP contribution in [0.5, 0.6) is 0 Å². The third-order valence-electron chi connectivity index (χ3n) is 5.33. The van der Waals surface area contributed by atoms with E-state index in [-0.39, 0.29) is 5.41 Å². The first-order chi connectivity index (χ1) is 10.0. The van der Waals surface area contributed by atoms with E-state index >= 15 is 0 Å². The van der Waals surface area contributed by atoms with E-state index in [1.54, 1.807) is 0 Å². The monoisotopic (exact) mass is 291 g/mol. The molecule has 0 amide bonds. The van der Waals surface area contributed by atoms with E-state index in [1.807, 2.05) is 6.20 Å². The Labute approximate surface area is 130 Å². The van der Waals surface area contributed by atoms with E-state index in [1.165, 1.54) is 31.5 Å². The van der Waals surface area contributed by atoms with Crippen molar-refractivity contribution < 1.29 is 0 Å². The van der Waals surface area contributed by atoms with Crippen LogP contribution in [0.3, 0.4) is 0 Å². The molecule has 2 rings (SSSR count). The molecule has 120 valence electrons. The molecular weight excluding hydrogens is 258 g/mol. The number of rotatable bonds is 6. The van der Waals surface area contributed by atoms with Crippen molar-refractivity contribution in [3.63, 3.8) is 0 Å². The van der Waals surface area contributed by atoms with Gasteiger partial charge in [-0.1, -0.05) is 34.1 Å². The smallest absolute Gasteiger partial charge is 0.114 e. The fourth-order valence-corrected chi connectivity index (χ4v) is 4.09. The van der Waals surface area contributed by atoms with Crippen LogP contribution in [0.15, 0.2) is 12.4 Å². The molecule has 1 saturated carbocycles. The van der Waals surface area contributed by atoms with Gasteiger partial charge < -0.3 is 9.88 Å². The van der Waals surface area contributed by atoms with Crippen molar-refractivity contribution >= 4 is 0 Å². The van der Waals surface area contributed by atoms with Gasteiger partial charge in [0.2, 0.25) is 0 Å². The second-order valence-corrected chi connectivity index (χ2v) is 7.34. The van der Waals surface area contributed by atoms with Gasteiger partial charge in [0.25, 0.3) is 0 Å². The highest BCUT2D eigenvalue weighted by atomic mass is 15.1. The molecule has 1 N–H and O–H groups in total. The lowest BCUT2D eigenvalue weighted by molar-refractivity contribution is 0.138. The minimum atomic E-state index is 0.130. The van der Waals surface area contributed by atoms with Gasteiger partial charge in [-0.2, -0.15) is 0 Å². The molecule has 1 heterocycles. The second kappa shape index (κ2) is 6.95. The van der Waals surface area contributed by atoms with Gasteiger partial charge in [-0.15, -0.1) is 0 Å². The topological polar surface area (TPSA) is 29.9 Å². The molecule has 1 fully saturated rings. The maximum atomic E-state index is 4.70. The summed E-state index contributed by atoms with van der Waals surface area (Å²) in [5.41, 5.74) is 0.130. The van der Waals surface area contributed by atoms with Gasteiger partial charge in [-0.05, 0) is 44.6 Å². The standard InChI is InChI=1S/C18H33N3/c1-6-10-19-16-13-14(3)8-9-15(16)18(4,5)17-20-11-12-21(17)7-2/h11-12,14-16,19H,6-10,13H2,1-5H3. The van der Waals surface area contributed by atoms with Crippen LogP contribution < -0.4 is 5.32 Å². The minimum absolute atomic E-state index is 0.130. The number of nitrogens with zero attached hydrogens (tertiary/aromatic N) is 2. The minimum Gasteiger partial charge on any atom is -0.335 e. The number of aromatic nitrogens is 2. The van der Waals surface area contributed by atoms with Crippen LogP contribution in [0.2, 0.25) is 0 Å². The SMILES string of the molecule is CCCNC1CC(C)CCC1C(C)(C)c1nccn1CC. The zero-order valence-corrected chi connectivity index (χ0v) is 14.5. The molecule has 0 saturated heterocycles. The number of nitrogens with one attached hydrogen (secondary N) is 1. The fraction of sp³-hybridized carbons (Fsp3) is 0.833. The lowest BCUT2D eigenvalue weighted by Gasteiger charge is -2.44. The van der Waals surface area contributed by atoms with Crippen molar-refractivity contribution in [1.82, 2.24) is 14.9 Å². The molecule has 3 nitrogen and oxygen atoms in total. The van der Waals surface area contributed by atoms with Crippen molar-refractivity contribution in [3.8, 4) is 0 Å². The van der Waals surface area contributed by atoms with E-state index in [0.717, 1.165) is 19.0 Å². The van der Waals surface area contributed by atoms with Crippen LogP contribution in [0, 0.1) is 11.8 Å². The van der Waals surface area contributed by atoms with Crippen LogP contribution >= 0.6 is 0 Å². The van der Waals surface area contributed by atoms with E-state index in [0.29, 0.717) is 12.0 Å². The predicted octanol–water partition coefficient (Wildman–Crippen LogP) is 3.99. The van der Waals surface area contributed by atoms with Crippen molar-refractivity contribution in [3.05, 3.63) is 18.2 Å². The lowest BCUT2D eigenvalue weighted by atomic mass is 9.66. The van der Waals surface area contributed by atoms with Crippen molar-refractivity contribution in [2.75, 3.05) is 6.54 Å². The molecule has 1 aromatic heterocycles. The summed E-state index contributed by atoms with van der Waals surface area (Å²) in [7, 11) is 0. The summed E-state index contributed by atoms with van der Waals surface area (Å²) in [5, 5.41) is 3.82. The Morgan fingerprint density at radius 3 is 2.76 bits per heavy atom. The van der Waals surface area contributed by atoms with Gasteiger partial charge in [0, 0.05) is 30.4 Å². The van der Waals surface area contributed by atoms with Crippen molar-refractivity contribution in [2.45, 2.75) is 78.3 Å². The van der Waals surface area contributed by atoms with E-state index in [2.05, 4.69) is 50.7 Å². The average Bonchev–Trinajstić information content (AvgIpc) is 2.94. The summed E-state index contributed by atoms with van der Waals surface area (Å²) in [4.78, 5) is 4.70. The number of hydrogen-bond acceptors (Lipinski definition) is 2. The van der Waals surface area contributed by atoms with Gasteiger partial charge in [-0.25, -0.2) is 4.98 Å². The fourth-order valence-electron chi connectivity index (χ4n) is 4.09. The molecule has 0 bridgehead atoms. The Balaban J connectivity index is 2.23. The third kappa shape index (κ3) is 3.50. The predicted molar refractivity (Wildman–Crippen MR) is 89.5 cm³/mol. The largest absolute Gasteiger partial charge is 0.335 e. The normalized spacial score (nSPS) is 27.0. The maximum Gasteiger partial charge on any atom is 0.114 e. The number of hydrogen-bond donors (Lipinski definition) is 1. The Morgan fingerprint density at radius 2 is 2.10 bits per heavy atom. The van der Waals surface area contributed by atoms with E-state index in [9.17, 15) is 0 Å². The zero-order chi connectivity index (χ0) is 15.5. The molecule has 3 unspecified atom stereocenters. The third-order valence-corrected chi connectivity index (χ3v) is 5.33. The summed E-state index contributed by atoms with van der Waals surface area (Å²) in [6, 6.07) is 0.630. The number of aryl methyl sites for hydroxylation is 1. The Morgan fingerprint density at radius 1 is 1.33 bits per heavy atom. The van der Waals surface area contributed by atoms with Gasteiger partial charge in [0.1, 0.15) is 5.82 Å². The molecule has 21 heavy (non-hydrogen) atoms. The highest BCUT2D eigenvalue weighted by Gasteiger charge is 2.41. The first-order valence-corrected chi connectivity index (χ1v) is 8.75. The second-order valence-electron chi connectivity index (χ2n) is 7.34. The van der Waals surface area contributed by atoms with Crippen LogP contribution in [-0.4, -0.2) is 22.1 Å². The first kappa shape index (κ1) is 16.5. The first-order valence-electron chi connectivity index (χ1n) is 8.75. The van der Waals surface area contributed by atoms with Gasteiger partial charge in [0.15, 0.2) is 0 Å². The van der Waals surface area contributed by atoms with Crippen molar-refractivity contribution in [1.29, 1.82) is 0 Å². The molecule has 1 aromatic rings. The molecular formula is C18H33N3.